The van der Waals surface area contributed by atoms with Gasteiger partial charge in [0.2, 0.25) is 0 Å². The number of aliphatic hydroxyl groups is 1. The third-order valence-corrected chi connectivity index (χ3v) is 8.43. The van der Waals surface area contributed by atoms with Gasteiger partial charge in [0, 0.05) is 28.2 Å². The lowest BCUT2D eigenvalue weighted by Gasteiger charge is -2.25. The summed E-state index contributed by atoms with van der Waals surface area (Å²) in [5.74, 6) is -4.94. The summed E-state index contributed by atoms with van der Waals surface area (Å²) in [7, 11) is 0. The molecule has 3 aromatic rings. The highest BCUT2D eigenvalue weighted by molar-refractivity contribution is 6.31. The van der Waals surface area contributed by atoms with E-state index in [1.54, 1.807) is 20.8 Å². The number of anilines is 1. The summed E-state index contributed by atoms with van der Waals surface area (Å²) in [6, 6.07) is 5.95. The number of amides is 2. The second kappa shape index (κ2) is 12.9. The van der Waals surface area contributed by atoms with E-state index in [1.807, 2.05) is 0 Å². The second-order valence-electron chi connectivity index (χ2n) is 12.0. The first kappa shape index (κ1) is 34.1. The Bertz CT molecular complexity index is 1630. The van der Waals surface area contributed by atoms with Gasteiger partial charge in [-0.15, -0.1) is 0 Å². The molecule has 1 aliphatic rings. The highest BCUT2D eigenvalue weighted by atomic mass is 35.5. The maximum Gasteiger partial charge on any atom is 0.416 e. The molecule has 3 N–H and O–H groups in total. The Morgan fingerprint density at radius 3 is 2.31 bits per heavy atom. The molecule has 2 aromatic carbocycles. The largest absolute Gasteiger partial charge is 0.416 e. The van der Waals surface area contributed by atoms with E-state index in [9.17, 15) is 41.4 Å². The predicted molar refractivity (Wildman–Crippen MR) is 158 cm³/mol. The van der Waals surface area contributed by atoms with E-state index in [4.69, 9.17) is 11.6 Å². The number of halogens is 6. The van der Waals surface area contributed by atoms with Crippen LogP contribution in [0, 0.1) is 17.6 Å². The molecule has 1 heterocycles. The molecule has 242 valence electrons. The zero-order chi connectivity index (χ0) is 33.4. The van der Waals surface area contributed by atoms with E-state index in [0.717, 1.165) is 12.1 Å². The van der Waals surface area contributed by atoms with Gasteiger partial charge in [0.05, 0.1) is 23.4 Å². The van der Waals surface area contributed by atoms with Crippen molar-refractivity contribution in [1.82, 2.24) is 9.88 Å². The molecule has 0 unspecified atom stereocenters. The van der Waals surface area contributed by atoms with E-state index >= 15 is 0 Å². The van der Waals surface area contributed by atoms with Gasteiger partial charge in [-0.05, 0) is 94.0 Å². The van der Waals surface area contributed by atoms with Gasteiger partial charge in [-0.3, -0.25) is 14.4 Å². The minimum absolute atomic E-state index is 0.0585. The smallest absolute Gasteiger partial charge is 0.390 e. The molecule has 13 heteroatoms. The summed E-state index contributed by atoms with van der Waals surface area (Å²) in [6.07, 6.45) is -3.18. The van der Waals surface area contributed by atoms with Gasteiger partial charge in [-0.1, -0.05) is 18.5 Å². The number of Topliss-reactive ketones (excluding diaryl/α,β-unsaturated/α-hetero) is 1. The summed E-state index contributed by atoms with van der Waals surface area (Å²) in [5.41, 5.74) is -2.71. The SMILES string of the molecule is CC(=O)Cn1c(C(=O)N[C@H]2CC[C@@H](C(C)(C)O)C2)cc(NC(=O)c2cc(F)cc(C(F)(F)F)c2)c1[C@H](C)c1cc(F)ccc1Cl. The van der Waals surface area contributed by atoms with Crippen molar-refractivity contribution < 1.29 is 41.4 Å². The van der Waals surface area contributed by atoms with Crippen LogP contribution in [0.25, 0.3) is 0 Å². The van der Waals surface area contributed by atoms with Gasteiger partial charge in [-0.2, -0.15) is 13.2 Å². The van der Waals surface area contributed by atoms with Crippen molar-refractivity contribution in [1.29, 1.82) is 0 Å². The highest BCUT2D eigenvalue weighted by Crippen LogP contribution is 2.38. The van der Waals surface area contributed by atoms with Crippen LogP contribution in [0.15, 0.2) is 42.5 Å². The predicted octanol–water partition coefficient (Wildman–Crippen LogP) is 7.10. The fourth-order valence-corrected chi connectivity index (χ4v) is 6.08. The fourth-order valence-electron chi connectivity index (χ4n) is 5.80. The normalized spacial score (nSPS) is 17.7. The molecular weight excluding hydrogens is 621 g/mol. The third-order valence-electron chi connectivity index (χ3n) is 8.09. The van der Waals surface area contributed by atoms with Crippen LogP contribution < -0.4 is 10.6 Å². The Labute approximate surface area is 261 Å². The fraction of sp³-hybridized carbons (Fsp3) is 0.406. The monoisotopic (exact) mass is 653 g/mol. The molecule has 1 saturated carbocycles. The van der Waals surface area contributed by atoms with Crippen LogP contribution in [0.3, 0.4) is 0 Å². The lowest BCUT2D eigenvalue weighted by molar-refractivity contribution is -0.137. The minimum atomic E-state index is -4.93. The van der Waals surface area contributed by atoms with Gasteiger partial charge >= 0.3 is 6.18 Å². The Morgan fingerprint density at radius 2 is 1.71 bits per heavy atom. The van der Waals surface area contributed by atoms with E-state index in [1.165, 1.54) is 23.6 Å². The van der Waals surface area contributed by atoms with Crippen LogP contribution in [0.4, 0.5) is 27.6 Å². The molecule has 2 amide bonds. The lowest BCUT2D eigenvalue weighted by Crippen LogP contribution is -2.36. The van der Waals surface area contributed by atoms with E-state index in [0.29, 0.717) is 31.4 Å². The summed E-state index contributed by atoms with van der Waals surface area (Å²) in [4.78, 5) is 39.4. The maximum absolute atomic E-state index is 14.3. The van der Waals surface area contributed by atoms with Crippen molar-refractivity contribution in [3.05, 3.63) is 87.2 Å². The topological polar surface area (TPSA) is 100 Å². The molecule has 1 aliphatic carbocycles. The second-order valence-corrected chi connectivity index (χ2v) is 12.4. The zero-order valence-electron chi connectivity index (χ0n) is 25.0. The first-order chi connectivity index (χ1) is 20.8. The minimum Gasteiger partial charge on any atom is -0.390 e. The van der Waals surface area contributed by atoms with E-state index in [2.05, 4.69) is 10.6 Å². The standard InChI is InChI=1S/C32H33ClF5N3O4/c1-16(42)15-41-27(30(44)39-23-7-5-19(12-23)31(3,4)45)14-26(28(41)17(2)24-13-21(34)6-8-25(24)33)40-29(43)18-9-20(32(36,37)38)11-22(35)10-18/h6,8-11,13-14,17,19,23,45H,5,7,12,15H2,1-4H3,(H,39,44)(H,40,43)/t17-,19-,23+/m1/s1. The van der Waals surface area contributed by atoms with Gasteiger partial charge in [0.15, 0.2) is 0 Å². The van der Waals surface area contributed by atoms with Crippen LogP contribution in [-0.4, -0.2) is 38.9 Å². The summed E-state index contributed by atoms with van der Waals surface area (Å²) in [6.45, 7) is 5.91. The molecule has 3 atom stereocenters. The van der Waals surface area contributed by atoms with Crippen molar-refractivity contribution in [3.63, 3.8) is 0 Å². The Hall–Kier alpha value is -3.77. The van der Waals surface area contributed by atoms with Crippen molar-refractivity contribution in [2.75, 3.05) is 5.32 Å². The third kappa shape index (κ3) is 7.91. The van der Waals surface area contributed by atoms with Crippen molar-refractivity contribution in [3.8, 4) is 0 Å². The Morgan fingerprint density at radius 1 is 1.02 bits per heavy atom. The summed E-state index contributed by atoms with van der Waals surface area (Å²) < 4.78 is 69.9. The van der Waals surface area contributed by atoms with Crippen LogP contribution in [0.5, 0.6) is 0 Å². The maximum atomic E-state index is 14.3. The highest BCUT2D eigenvalue weighted by Gasteiger charge is 2.36. The van der Waals surface area contributed by atoms with Gasteiger partial charge in [0.1, 0.15) is 23.1 Å². The molecule has 45 heavy (non-hydrogen) atoms. The number of ketones is 1. The van der Waals surface area contributed by atoms with Crippen LogP contribution in [0.2, 0.25) is 5.02 Å². The molecule has 7 nitrogen and oxygen atoms in total. The molecule has 0 bridgehead atoms. The number of benzene rings is 2. The van der Waals surface area contributed by atoms with Crippen LogP contribution in [-0.2, 0) is 17.5 Å². The average Bonchev–Trinajstić information content (AvgIpc) is 3.53. The number of carbonyl (C=O) groups is 3. The molecule has 0 saturated heterocycles. The van der Waals surface area contributed by atoms with Gasteiger partial charge < -0.3 is 20.3 Å². The molecule has 0 aliphatic heterocycles. The number of aromatic nitrogens is 1. The average molecular weight is 654 g/mol. The first-order valence-corrected chi connectivity index (χ1v) is 14.6. The van der Waals surface area contributed by atoms with Gasteiger partial charge in [0.25, 0.3) is 11.8 Å². The number of nitrogens with zero attached hydrogens (tertiary/aromatic N) is 1. The summed E-state index contributed by atoms with van der Waals surface area (Å²) >= 11 is 6.39. The molecule has 4 rings (SSSR count). The lowest BCUT2D eigenvalue weighted by atomic mass is 9.89. The number of alkyl halides is 3. The number of hydrogen-bond donors (Lipinski definition) is 3. The van der Waals surface area contributed by atoms with Crippen LogP contribution >= 0.6 is 11.6 Å². The molecule has 0 spiro atoms. The zero-order valence-corrected chi connectivity index (χ0v) is 25.7. The van der Waals surface area contributed by atoms with Crippen molar-refractivity contribution in [2.24, 2.45) is 5.92 Å². The molecular formula is C32H33ClF5N3O4. The molecule has 1 fully saturated rings. The Kier molecular flexibility index (Phi) is 9.79. The van der Waals surface area contributed by atoms with E-state index in [-0.39, 0.29) is 58.0 Å². The molecule has 1 aromatic heterocycles. The quantitative estimate of drug-likeness (QED) is 0.215. The van der Waals surface area contributed by atoms with E-state index < -0.39 is 52.3 Å². The Balaban J connectivity index is 1.81. The van der Waals surface area contributed by atoms with Crippen LogP contribution in [0.1, 0.15) is 90.5 Å². The number of hydrogen-bond acceptors (Lipinski definition) is 4. The summed E-state index contributed by atoms with van der Waals surface area (Å²) in [5, 5.41) is 15.9. The molecule has 0 radical (unpaired) electrons. The van der Waals surface area contributed by atoms with Crippen molar-refractivity contribution in [2.45, 2.75) is 77.2 Å². The first-order valence-electron chi connectivity index (χ1n) is 14.2. The number of carbonyl (C=O) groups excluding carboxylic acids is 3. The number of nitrogens with one attached hydrogen (secondary N) is 2. The van der Waals surface area contributed by atoms with Gasteiger partial charge in [-0.25, -0.2) is 8.78 Å². The number of rotatable bonds is 9. The van der Waals surface area contributed by atoms with Crippen molar-refractivity contribution >= 4 is 34.9 Å².